The molecular weight excluding hydrogens is 270 g/mol. The highest BCUT2D eigenvalue weighted by molar-refractivity contribution is 5.55. The highest BCUT2D eigenvalue weighted by Gasteiger charge is 2.28. The molecule has 0 saturated carbocycles. The summed E-state index contributed by atoms with van der Waals surface area (Å²) in [6.07, 6.45) is 1.31. The van der Waals surface area contributed by atoms with Crippen molar-refractivity contribution < 1.29 is 19.3 Å². The van der Waals surface area contributed by atoms with E-state index >= 15 is 0 Å². The number of methoxy groups -OCH3 is 3. The molecule has 2 atom stereocenters. The predicted molar refractivity (Wildman–Crippen MR) is 81.4 cm³/mol. The van der Waals surface area contributed by atoms with Crippen molar-refractivity contribution in [2.75, 3.05) is 41.5 Å². The van der Waals surface area contributed by atoms with Gasteiger partial charge in [0.05, 0.1) is 27.4 Å². The molecule has 0 unspecified atom stereocenters. The lowest BCUT2D eigenvalue weighted by atomic mass is 9.88. The Hall–Kier alpha value is -1.46. The zero-order valence-corrected chi connectivity index (χ0v) is 13.3. The summed E-state index contributed by atoms with van der Waals surface area (Å²) >= 11 is 0. The van der Waals surface area contributed by atoms with Crippen LogP contribution in [-0.4, -0.2) is 57.6 Å². The molecule has 2 rings (SSSR count). The number of ether oxygens (including phenoxy) is 3. The van der Waals surface area contributed by atoms with E-state index in [2.05, 4.69) is 11.9 Å². The van der Waals surface area contributed by atoms with Gasteiger partial charge in [-0.3, -0.25) is 0 Å². The lowest BCUT2D eigenvalue weighted by Gasteiger charge is -2.34. The Bertz CT molecular complexity index is 478. The van der Waals surface area contributed by atoms with Crippen LogP contribution in [0, 0.1) is 5.92 Å². The molecule has 1 fully saturated rings. The first-order valence-corrected chi connectivity index (χ1v) is 7.25. The largest absolute Gasteiger partial charge is 0.493 e. The number of benzene rings is 1. The predicted octanol–water partition coefficient (Wildman–Crippen LogP) is 1.57. The Labute approximate surface area is 126 Å². The second-order valence-corrected chi connectivity index (χ2v) is 5.58. The van der Waals surface area contributed by atoms with Gasteiger partial charge in [-0.2, -0.15) is 0 Å². The van der Waals surface area contributed by atoms with E-state index in [1.807, 2.05) is 12.1 Å². The minimum absolute atomic E-state index is 0.204. The van der Waals surface area contributed by atoms with Crippen LogP contribution in [0.1, 0.15) is 12.0 Å². The lowest BCUT2D eigenvalue weighted by molar-refractivity contribution is 0.0363. The van der Waals surface area contributed by atoms with Gasteiger partial charge in [-0.15, -0.1) is 0 Å². The maximum Gasteiger partial charge on any atom is 0.203 e. The van der Waals surface area contributed by atoms with Gasteiger partial charge in [0.15, 0.2) is 11.5 Å². The summed E-state index contributed by atoms with van der Waals surface area (Å²) in [5.74, 6) is 2.16. The summed E-state index contributed by atoms with van der Waals surface area (Å²) in [7, 11) is 6.93. The average Bonchev–Trinajstić information content (AvgIpc) is 2.50. The van der Waals surface area contributed by atoms with Crippen molar-refractivity contribution in [2.45, 2.75) is 18.9 Å². The maximum atomic E-state index is 10.2. The molecule has 118 valence electrons. The van der Waals surface area contributed by atoms with Gasteiger partial charge < -0.3 is 24.2 Å². The number of likely N-dealkylation sites (tertiary alicyclic amines) is 1. The number of aliphatic hydroxyl groups is 1. The summed E-state index contributed by atoms with van der Waals surface area (Å²) in [6.45, 7) is 1.83. The first-order valence-electron chi connectivity index (χ1n) is 7.25. The SMILES string of the molecule is COc1ccc(C[C@@H]2CN(C)CC[C@@H]2O)c(OC)c1OC. The van der Waals surface area contributed by atoms with Crippen molar-refractivity contribution >= 4 is 0 Å². The zero-order valence-electron chi connectivity index (χ0n) is 13.3. The number of rotatable bonds is 5. The van der Waals surface area contributed by atoms with Crippen molar-refractivity contribution in [3.8, 4) is 17.2 Å². The van der Waals surface area contributed by atoms with E-state index in [4.69, 9.17) is 14.2 Å². The molecule has 5 nitrogen and oxygen atoms in total. The van der Waals surface area contributed by atoms with E-state index in [-0.39, 0.29) is 12.0 Å². The molecule has 1 heterocycles. The average molecular weight is 295 g/mol. The standard InChI is InChI=1S/C16H25NO4/c1-17-8-7-13(18)12(10-17)9-11-5-6-14(19-2)16(21-4)15(11)20-3/h5-6,12-13,18H,7-10H2,1-4H3/t12-,13+/m1/s1. The molecule has 5 heteroatoms. The lowest BCUT2D eigenvalue weighted by Crippen LogP contribution is -2.42. The quantitative estimate of drug-likeness (QED) is 0.893. The third kappa shape index (κ3) is 3.41. The molecule has 1 aromatic carbocycles. The molecule has 0 amide bonds. The summed E-state index contributed by atoms with van der Waals surface area (Å²) in [4.78, 5) is 2.25. The van der Waals surface area contributed by atoms with Gasteiger partial charge in [-0.05, 0) is 31.5 Å². The van der Waals surface area contributed by atoms with Crippen molar-refractivity contribution in [3.63, 3.8) is 0 Å². The molecule has 0 aromatic heterocycles. The fourth-order valence-electron chi connectivity index (χ4n) is 3.01. The van der Waals surface area contributed by atoms with Crippen LogP contribution in [-0.2, 0) is 6.42 Å². The third-order valence-electron chi connectivity index (χ3n) is 4.16. The second kappa shape index (κ2) is 7.00. The van der Waals surface area contributed by atoms with Gasteiger partial charge in [-0.1, -0.05) is 6.07 Å². The van der Waals surface area contributed by atoms with Crippen LogP contribution in [0.2, 0.25) is 0 Å². The van der Waals surface area contributed by atoms with E-state index in [1.54, 1.807) is 21.3 Å². The highest BCUT2D eigenvalue weighted by Crippen LogP contribution is 2.41. The minimum atomic E-state index is -0.265. The first-order chi connectivity index (χ1) is 10.1. The van der Waals surface area contributed by atoms with Crippen LogP contribution in [0.3, 0.4) is 0 Å². The highest BCUT2D eigenvalue weighted by atomic mass is 16.5. The number of hydrogen-bond acceptors (Lipinski definition) is 5. The number of nitrogens with zero attached hydrogens (tertiary/aromatic N) is 1. The maximum absolute atomic E-state index is 10.2. The Kier molecular flexibility index (Phi) is 5.31. The molecule has 1 aliphatic rings. The molecule has 1 N–H and O–H groups in total. The van der Waals surface area contributed by atoms with Gasteiger partial charge >= 0.3 is 0 Å². The fraction of sp³-hybridized carbons (Fsp3) is 0.625. The summed E-state index contributed by atoms with van der Waals surface area (Å²) in [6, 6.07) is 3.87. The topological polar surface area (TPSA) is 51.2 Å². The van der Waals surface area contributed by atoms with Crippen molar-refractivity contribution in [2.24, 2.45) is 5.92 Å². The summed E-state index contributed by atoms with van der Waals surface area (Å²) in [5.41, 5.74) is 1.04. The molecule has 1 saturated heterocycles. The fourth-order valence-corrected chi connectivity index (χ4v) is 3.01. The monoisotopic (exact) mass is 295 g/mol. The molecule has 21 heavy (non-hydrogen) atoms. The zero-order chi connectivity index (χ0) is 15.4. The van der Waals surface area contributed by atoms with Crippen LogP contribution >= 0.6 is 0 Å². The molecule has 1 aliphatic heterocycles. The van der Waals surface area contributed by atoms with Crippen molar-refractivity contribution in [1.29, 1.82) is 0 Å². The first kappa shape index (κ1) is 15.9. The van der Waals surface area contributed by atoms with Crippen LogP contribution in [0.25, 0.3) is 0 Å². The van der Waals surface area contributed by atoms with Gasteiger partial charge in [0, 0.05) is 19.0 Å². The number of piperidine rings is 1. The Morgan fingerprint density at radius 3 is 2.48 bits per heavy atom. The molecule has 0 radical (unpaired) electrons. The van der Waals surface area contributed by atoms with Crippen LogP contribution in [0.15, 0.2) is 12.1 Å². The molecular formula is C16H25NO4. The smallest absolute Gasteiger partial charge is 0.203 e. The van der Waals surface area contributed by atoms with Crippen molar-refractivity contribution in [3.05, 3.63) is 17.7 Å². The van der Waals surface area contributed by atoms with Crippen LogP contribution in [0.5, 0.6) is 17.2 Å². The van der Waals surface area contributed by atoms with E-state index in [1.165, 1.54) is 0 Å². The normalized spacial score (nSPS) is 22.9. The molecule has 0 spiro atoms. The van der Waals surface area contributed by atoms with E-state index in [9.17, 15) is 5.11 Å². The molecule has 0 aliphatic carbocycles. The van der Waals surface area contributed by atoms with Gasteiger partial charge in [-0.25, -0.2) is 0 Å². The van der Waals surface area contributed by atoms with E-state index < -0.39 is 0 Å². The van der Waals surface area contributed by atoms with Gasteiger partial charge in [0.1, 0.15) is 0 Å². The van der Waals surface area contributed by atoms with E-state index in [0.29, 0.717) is 17.2 Å². The Morgan fingerprint density at radius 1 is 1.14 bits per heavy atom. The molecule has 0 bridgehead atoms. The van der Waals surface area contributed by atoms with E-state index in [0.717, 1.165) is 31.5 Å². The van der Waals surface area contributed by atoms with Crippen LogP contribution < -0.4 is 14.2 Å². The van der Waals surface area contributed by atoms with Crippen molar-refractivity contribution in [1.82, 2.24) is 4.90 Å². The second-order valence-electron chi connectivity index (χ2n) is 5.58. The molecule has 1 aromatic rings. The van der Waals surface area contributed by atoms with Crippen LogP contribution in [0.4, 0.5) is 0 Å². The van der Waals surface area contributed by atoms with Gasteiger partial charge in [0.25, 0.3) is 0 Å². The Morgan fingerprint density at radius 2 is 1.86 bits per heavy atom. The number of hydrogen-bond donors (Lipinski definition) is 1. The van der Waals surface area contributed by atoms with Gasteiger partial charge in [0.2, 0.25) is 5.75 Å². The minimum Gasteiger partial charge on any atom is -0.493 e. The Balaban J connectivity index is 2.27. The third-order valence-corrected chi connectivity index (χ3v) is 4.16. The summed E-state index contributed by atoms with van der Waals surface area (Å²) in [5, 5.41) is 10.2. The number of aliphatic hydroxyl groups excluding tert-OH is 1. The summed E-state index contributed by atoms with van der Waals surface area (Å²) < 4.78 is 16.2.